The Labute approximate surface area is 105 Å². The van der Waals surface area contributed by atoms with Crippen LogP contribution in [0.4, 0.5) is 0 Å². The van der Waals surface area contributed by atoms with Crippen LogP contribution in [0.2, 0.25) is 0 Å². The second-order valence-corrected chi connectivity index (χ2v) is 4.84. The average molecular weight is 285 g/mol. The molecule has 0 amide bonds. The number of rotatable bonds is 5. The molecule has 1 aromatic rings. The molecule has 0 aromatic heterocycles. The van der Waals surface area contributed by atoms with Gasteiger partial charge in [-0.15, -0.1) is 0 Å². The number of carbonyl (C=O) groups is 1. The normalized spacial score (nSPS) is 12.2. The number of methoxy groups -OCH3 is 1. The van der Waals surface area contributed by atoms with Crippen LogP contribution in [0.5, 0.6) is 5.75 Å². The topological polar surface area (TPSA) is 26.3 Å². The molecule has 0 spiro atoms. The van der Waals surface area contributed by atoms with Crippen LogP contribution in [0.15, 0.2) is 22.7 Å². The number of halogens is 1. The fraction of sp³-hybridized carbons (Fsp3) is 0.462. The van der Waals surface area contributed by atoms with Gasteiger partial charge in [-0.05, 0) is 40.0 Å². The maximum atomic E-state index is 12.0. The van der Waals surface area contributed by atoms with E-state index in [-0.39, 0.29) is 5.78 Å². The van der Waals surface area contributed by atoms with E-state index in [1.54, 1.807) is 7.11 Å². The van der Waals surface area contributed by atoms with Crippen LogP contribution in [0, 0.1) is 5.92 Å². The largest absolute Gasteiger partial charge is 0.497 e. The lowest BCUT2D eigenvalue weighted by atomic mass is 9.98. The van der Waals surface area contributed by atoms with Gasteiger partial charge in [0.05, 0.1) is 7.11 Å². The Kier molecular flexibility index (Phi) is 5.00. The Balaban J connectivity index is 2.84. The van der Waals surface area contributed by atoms with Crippen molar-refractivity contribution in [2.24, 2.45) is 5.92 Å². The summed E-state index contributed by atoms with van der Waals surface area (Å²) in [4.78, 5) is 12.0. The summed E-state index contributed by atoms with van der Waals surface area (Å²) in [7, 11) is 1.61. The molecule has 0 saturated heterocycles. The van der Waals surface area contributed by atoms with Crippen molar-refractivity contribution < 1.29 is 9.53 Å². The molecule has 1 rings (SSSR count). The summed E-state index contributed by atoms with van der Waals surface area (Å²) in [6, 6.07) is 5.45. The van der Waals surface area contributed by atoms with Crippen molar-refractivity contribution in [3.8, 4) is 5.75 Å². The number of ketones is 1. The van der Waals surface area contributed by atoms with Crippen LogP contribution < -0.4 is 4.74 Å². The molecule has 0 radical (unpaired) electrons. The van der Waals surface area contributed by atoms with Crippen molar-refractivity contribution >= 4 is 21.7 Å². The highest BCUT2D eigenvalue weighted by molar-refractivity contribution is 9.10. The van der Waals surface area contributed by atoms with Crippen LogP contribution in [0.25, 0.3) is 0 Å². The molecule has 0 aliphatic carbocycles. The minimum absolute atomic E-state index is 0.184. The van der Waals surface area contributed by atoms with Crippen molar-refractivity contribution in [1.82, 2.24) is 0 Å². The smallest absolute Gasteiger partial charge is 0.164 e. The van der Waals surface area contributed by atoms with Crippen LogP contribution in [-0.2, 0) is 0 Å². The molecule has 16 heavy (non-hydrogen) atoms. The van der Waals surface area contributed by atoms with Gasteiger partial charge in [-0.1, -0.05) is 20.3 Å². The van der Waals surface area contributed by atoms with Gasteiger partial charge in [-0.3, -0.25) is 4.79 Å². The summed E-state index contributed by atoms with van der Waals surface area (Å²) in [6.45, 7) is 4.19. The third-order valence-electron chi connectivity index (χ3n) is 2.71. The van der Waals surface area contributed by atoms with Crippen molar-refractivity contribution in [3.05, 3.63) is 28.2 Å². The zero-order valence-electron chi connectivity index (χ0n) is 9.92. The summed E-state index contributed by atoms with van der Waals surface area (Å²) in [6.07, 6.45) is 1.63. The third-order valence-corrected chi connectivity index (χ3v) is 3.36. The number of hydrogen-bond donors (Lipinski definition) is 0. The zero-order valence-corrected chi connectivity index (χ0v) is 11.5. The van der Waals surface area contributed by atoms with Gasteiger partial charge in [-0.2, -0.15) is 0 Å². The van der Waals surface area contributed by atoms with Crippen LogP contribution >= 0.6 is 15.9 Å². The van der Waals surface area contributed by atoms with Crippen LogP contribution in [0.3, 0.4) is 0 Å². The maximum absolute atomic E-state index is 12.0. The van der Waals surface area contributed by atoms with E-state index in [1.165, 1.54) is 0 Å². The molecule has 1 atom stereocenters. The summed E-state index contributed by atoms with van der Waals surface area (Å²) in [5.74, 6) is 1.37. The molecule has 0 aliphatic rings. The van der Waals surface area contributed by atoms with Crippen LogP contribution in [0.1, 0.15) is 37.0 Å². The zero-order chi connectivity index (χ0) is 12.1. The fourth-order valence-corrected chi connectivity index (χ4v) is 2.00. The average Bonchev–Trinajstić information content (AvgIpc) is 2.28. The Morgan fingerprint density at radius 3 is 2.69 bits per heavy atom. The number of Topliss-reactive ketones (excluding diaryl/α,β-unsaturated/α-hetero) is 1. The Bertz CT molecular complexity index is 374. The quantitative estimate of drug-likeness (QED) is 0.762. The van der Waals surface area contributed by atoms with Gasteiger partial charge in [0.1, 0.15) is 5.75 Å². The van der Waals surface area contributed by atoms with E-state index in [1.807, 2.05) is 18.2 Å². The minimum atomic E-state index is 0.184. The summed E-state index contributed by atoms with van der Waals surface area (Å²) in [5.41, 5.74) is 0.737. The Morgan fingerprint density at radius 1 is 1.50 bits per heavy atom. The van der Waals surface area contributed by atoms with Crippen LogP contribution in [-0.4, -0.2) is 12.9 Å². The van der Waals surface area contributed by atoms with E-state index in [0.717, 1.165) is 22.2 Å². The van der Waals surface area contributed by atoms with Gasteiger partial charge in [0.15, 0.2) is 5.78 Å². The van der Waals surface area contributed by atoms with Gasteiger partial charge in [-0.25, -0.2) is 0 Å². The van der Waals surface area contributed by atoms with Gasteiger partial charge in [0.25, 0.3) is 0 Å². The number of carbonyl (C=O) groups excluding carboxylic acids is 1. The monoisotopic (exact) mass is 284 g/mol. The molecule has 88 valence electrons. The van der Waals surface area contributed by atoms with Gasteiger partial charge < -0.3 is 4.74 Å². The van der Waals surface area contributed by atoms with Crippen molar-refractivity contribution in [2.75, 3.05) is 7.11 Å². The Morgan fingerprint density at radius 2 is 2.19 bits per heavy atom. The molecular weight excluding hydrogens is 268 g/mol. The fourth-order valence-electron chi connectivity index (χ4n) is 1.42. The highest BCUT2D eigenvalue weighted by atomic mass is 79.9. The lowest BCUT2D eigenvalue weighted by Gasteiger charge is -2.09. The summed E-state index contributed by atoms with van der Waals surface area (Å²) in [5, 5.41) is 0. The van der Waals surface area contributed by atoms with Crippen molar-refractivity contribution in [2.45, 2.75) is 26.7 Å². The first-order chi connectivity index (χ1) is 7.58. The van der Waals surface area contributed by atoms with E-state index in [9.17, 15) is 4.79 Å². The van der Waals surface area contributed by atoms with E-state index in [2.05, 4.69) is 29.8 Å². The van der Waals surface area contributed by atoms with Crippen molar-refractivity contribution in [3.63, 3.8) is 0 Å². The lowest BCUT2D eigenvalue weighted by molar-refractivity contribution is 0.0963. The maximum Gasteiger partial charge on any atom is 0.164 e. The molecule has 0 saturated carbocycles. The molecule has 2 nitrogen and oxygen atoms in total. The molecule has 0 heterocycles. The summed E-state index contributed by atoms with van der Waals surface area (Å²) < 4.78 is 5.90. The number of ether oxygens (including phenoxy) is 1. The van der Waals surface area contributed by atoms with Gasteiger partial charge in [0.2, 0.25) is 0 Å². The summed E-state index contributed by atoms with van der Waals surface area (Å²) >= 11 is 3.40. The predicted molar refractivity (Wildman–Crippen MR) is 69.1 cm³/mol. The van der Waals surface area contributed by atoms with E-state index in [4.69, 9.17) is 4.74 Å². The standard InChI is InChI=1S/C13H17BrO2/c1-4-9(2)7-13(15)11-6-5-10(16-3)8-12(11)14/h5-6,8-9H,4,7H2,1-3H3. The van der Waals surface area contributed by atoms with Crippen molar-refractivity contribution in [1.29, 1.82) is 0 Å². The molecule has 0 N–H and O–H groups in total. The number of benzene rings is 1. The molecule has 3 heteroatoms. The second kappa shape index (κ2) is 6.04. The van der Waals surface area contributed by atoms with E-state index < -0.39 is 0 Å². The van der Waals surface area contributed by atoms with Gasteiger partial charge >= 0.3 is 0 Å². The van der Waals surface area contributed by atoms with E-state index in [0.29, 0.717) is 12.3 Å². The molecule has 1 aromatic carbocycles. The molecule has 0 aliphatic heterocycles. The highest BCUT2D eigenvalue weighted by Gasteiger charge is 2.13. The lowest BCUT2D eigenvalue weighted by Crippen LogP contribution is -2.06. The number of hydrogen-bond acceptors (Lipinski definition) is 2. The van der Waals surface area contributed by atoms with Gasteiger partial charge in [0, 0.05) is 16.5 Å². The molecule has 0 fully saturated rings. The van der Waals surface area contributed by atoms with E-state index >= 15 is 0 Å². The second-order valence-electron chi connectivity index (χ2n) is 3.99. The SMILES string of the molecule is CCC(C)CC(=O)c1ccc(OC)cc1Br. The third kappa shape index (κ3) is 3.34. The highest BCUT2D eigenvalue weighted by Crippen LogP contribution is 2.25. The minimum Gasteiger partial charge on any atom is -0.497 e. The first-order valence-corrected chi connectivity index (χ1v) is 6.24. The molecular formula is C13H17BrO2. The molecule has 0 bridgehead atoms. The Hall–Kier alpha value is -0.830. The molecule has 1 unspecified atom stereocenters. The first kappa shape index (κ1) is 13.2. The first-order valence-electron chi connectivity index (χ1n) is 5.45. The predicted octanol–water partition coefficient (Wildman–Crippen LogP) is 4.08.